The number of fused-ring (bicyclic) bond motifs is 1. The van der Waals surface area contributed by atoms with Crippen LogP contribution in [0.2, 0.25) is 0 Å². The number of benzene rings is 2. The van der Waals surface area contributed by atoms with E-state index in [-0.39, 0.29) is 23.7 Å². The Hall–Kier alpha value is -3.41. The van der Waals surface area contributed by atoms with Crippen LogP contribution in [0.25, 0.3) is 22.2 Å². The third-order valence-electron chi connectivity index (χ3n) is 5.10. The Labute approximate surface area is 182 Å². The second-order valence-electron chi connectivity index (χ2n) is 8.10. The molecule has 1 heterocycles. The van der Waals surface area contributed by atoms with E-state index in [1.807, 2.05) is 45.9 Å². The molecule has 162 valence electrons. The molecule has 0 saturated carbocycles. The molecule has 0 fully saturated rings. The molecule has 0 spiro atoms. The molecule has 0 bridgehead atoms. The number of aromatic hydroxyl groups is 1. The molecular formula is C25H28N2O4. The first kappa shape index (κ1) is 22.3. The van der Waals surface area contributed by atoms with Gasteiger partial charge in [-0.15, -0.1) is 0 Å². The number of rotatable bonds is 6. The van der Waals surface area contributed by atoms with Crippen molar-refractivity contribution in [3.8, 4) is 17.0 Å². The maximum Gasteiger partial charge on any atom is 0.339 e. The number of nitrogens with zero attached hydrogens (tertiary/aromatic N) is 2. The second kappa shape index (κ2) is 9.16. The predicted octanol–water partition coefficient (Wildman–Crippen LogP) is 4.80. The van der Waals surface area contributed by atoms with Crippen molar-refractivity contribution < 1.29 is 19.4 Å². The molecule has 1 atom stereocenters. The van der Waals surface area contributed by atoms with Crippen LogP contribution in [0, 0.1) is 0 Å². The fourth-order valence-electron chi connectivity index (χ4n) is 3.71. The number of hydrogen-bond acceptors (Lipinski definition) is 5. The Morgan fingerprint density at radius 3 is 2.16 bits per heavy atom. The van der Waals surface area contributed by atoms with Crippen LogP contribution in [0.4, 0.5) is 0 Å². The number of para-hydroxylation sites is 1. The third-order valence-corrected chi connectivity index (χ3v) is 5.10. The van der Waals surface area contributed by atoms with Crippen LogP contribution in [-0.4, -0.2) is 45.1 Å². The monoisotopic (exact) mass is 420 g/mol. The van der Waals surface area contributed by atoms with Crippen LogP contribution >= 0.6 is 0 Å². The first-order valence-electron chi connectivity index (χ1n) is 10.4. The Kier molecular flexibility index (Phi) is 6.59. The van der Waals surface area contributed by atoms with Gasteiger partial charge in [-0.3, -0.25) is 4.79 Å². The molecule has 31 heavy (non-hydrogen) atoms. The number of hydrogen-bond donors (Lipinski definition) is 1. The van der Waals surface area contributed by atoms with Crippen LogP contribution in [0.3, 0.4) is 0 Å². The zero-order valence-electron chi connectivity index (χ0n) is 18.5. The lowest BCUT2D eigenvalue weighted by molar-refractivity contribution is -0.143. The average Bonchev–Trinajstić information content (AvgIpc) is 2.72. The van der Waals surface area contributed by atoms with E-state index < -0.39 is 12.1 Å². The Morgan fingerprint density at radius 2 is 1.55 bits per heavy atom. The number of ether oxygens (including phenoxy) is 1. The fraction of sp³-hybridized carbons (Fsp3) is 0.320. The van der Waals surface area contributed by atoms with E-state index in [4.69, 9.17) is 4.74 Å². The molecule has 1 amide bonds. The van der Waals surface area contributed by atoms with Crippen molar-refractivity contribution in [2.45, 2.75) is 52.8 Å². The van der Waals surface area contributed by atoms with E-state index in [0.29, 0.717) is 22.2 Å². The number of phenolic OH excluding ortho intramolecular Hbond substituents is 1. The first-order valence-corrected chi connectivity index (χ1v) is 10.4. The number of carbonyl (C=O) groups is 2. The fourth-order valence-corrected chi connectivity index (χ4v) is 3.71. The zero-order valence-corrected chi connectivity index (χ0v) is 18.5. The molecule has 3 aromatic rings. The highest BCUT2D eigenvalue weighted by Crippen LogP contribution is 2.27. The summed E-state index contributed by atoms with van der Waals surface area (Å²) in [5.41, 5.74) is 2.32. The molecule has 6 nitrogen and oxygen atoms in total. The Bertz CT molecular complexity index is 1080. The lowest BCUT2D eigenvalue weighted by atomic mass is 10.0. The van der Waals surface area contributed by atoms with Crippen molar-refractivity contribution in [3.05, 3.63) is 60.2 Å². The molecule has 1 aromatic heterocycles. The van der Waals surface area contributed by atoms with Gasteiger partial charge >= 0.3 is 5.97 Å². The summed E-state index contributed by atoms with van der Waals surface area (Å²) in [6.45, 7) is 9.35. The van der Waals surface area contributed by atoms with Crippen LogP contribution in [0.1, 0.15) is 45.0 Å². The molecule has 6 heteroatoms. The van der Waals surface area contributed by atoms with Crippen molar-refractivity contribution in [2.24, 2.45) is 0 Å². The highest BCUT2D eigenvalue weighted by molar-refractivity contribution is 6.05. The zero-order chi connectivity index (χ0) is 22.7. The van der Waals surface area contributed by atoms with Gasteiger partial charge < -0.3 is 14.7 Å². The van der Waals surface area contributed by atoms with Crippen LogP contribution in [0.15, 0.2) is 54.6 Å². The van der Waals surface area contributed by atoms with Gasteiger partial charge in [0.1, 0.15) is 5.75 Å². The van der Waals surface area contributed by atoms with Gasteiger partial charge in [-0.25, -0.2) is 9.78 Å². The summed E-state index contributed by atoms with van der Waals surface area (Å²) < 4.78 is 5.60. The van der Waals surface area contributed by atoms with Gasteiger partial charge in [-0.2, -0.15) is 0 Å². The van der Waals surface area contributed by atoms with E-state index in [1.54, 1.807) is 48.2 Å². The standard InChI is InChI=1S/C25H28N2O4/c1-15(2)27(16(3)4)24(29)17(5)31-25(30)21-14-23(18-10-12-19(28)13-11-18)26-22-9-7-6-8-20(21)22/h6-17,28H,1-5H3/t17-/m1/s1. The van der Waals surface area contributed by atoms with E-state index in [2.05, 4.69) is 4.98 Å². The number of amides is 1. The summed E-state index contributed by atoms with van der Waals surface area (Å²) >= 11 is 0. The summed E-state index contributed by atoms with van der Waals surface area (Å²) in [5.74, 6) is -0.654. The van der Waals surface area contributed by atoms with Crippen molar-refractivity contribution >= 4 is 22.8 Å². The first-order chi connectivity index (χ1) is 14.7. The average molecular weight is 421 g/mol. The van der Waals surface area contributed by atoms with Gasteiger partial charge in [0, 0.05) is 23.0 Å². The minimum atomic E-state index is -0.915. The smallest absolute Gasteiger partial charge is 0.339 e. The van der Waals surface area contributed by atoms with E-state index in [1.165, 1.54) is 0 Å². The minimum Gasteiger partial charge on any atom is -0.508 e. The SMILES string of the molecule is CC(C)N(C(=O)[C@@H](C)OC(=O)c1cc(-c2ccc(O)cc2)nc2ccccc12)C(C)C. The molecular weight excluding hydrogens is 392 g/mol. The number of aromatic nitrogens is 1. The number of phenols is 1. The van der Waals surface area contributed by atoms with Gasteiger partial charge in [-0.1, -0.05) is 18.2 Å². The summed E-state index contributed by atoms with van der Waals surface area (Å²) in [5, 5.41) is 10.2. The van der Waals surface area contributed by atoms with Crippen LogP contribution < -0.4 is 0 Å². The van der Waals surface area contributed by atoms with Crippen LogP contribution in [-0.2, 0) is 9.53 Å². The van der Waals surface area contributed by atoms with Crippen molar-refractivity contribution in [1.29, 1.82) is 0 Å². The van der Waals surface area contributed by atoms with Gasteiger partial charge in [-0.05, 0) is 71.0 Å². The molecule has 0 aliphatic carbocycles. The molecule has 1 N–H and O–H groups in total. The highest BCUT2D eigenvalue weighted by Gasteiger charge is 2.28. The number of carbonyl (C=O) groups excluding carboxylic acids is 2. The molecule has 2 aromatic carbocycles. The van der Waals surface area contributed by atoms with Crippen LogP contribution in [0.5, 0.6) is 5.75 Å². The van der Waals surface area contributed by atoms with Gasteiger partial charge in [0.25, 0.3) is 5.91 Å². The maximum atomic E-state index is 13.1. The van der Waals surface area contributed by atoms with E-state index in [0.717, 1.165) is 5.56 Å². The summed E-state index contributed by atoms with van der Waals surface area (Å²) in [4.78, 5) is 32.4. The molecule has 0 aliphatic rings. The van der Waals surface area contributed by atoms with Gasteiger partial charge in [0.15, 0.2) is 6.10 Å². The van der Waals surface area contributed by atoms with Gasteiger partial charge in [0.2, 0.25) is 0 Å². The summed E-state index contributed by atoms with van der Waals surface area (Å²) in [6.07, 6.45) is -0.915. The quantitative estimate of drug-likeness (QED) is 0.580. The molecule has 0 saturated heterocycles. The third kappa shape index (κ3) is 4.85. The van der Waals surface area contributed by atoms with Crippen molar-refractivity contribution in [1.82, 2.24) is 9.88 Å². The highest BCUT2D eigenvalue weighted by atomic mass is 16.5. The van der Waals surface area contributed by atoms with Crippen molar-refractivity contribution in [2.75, 3.05) is 0 Å². The minimum absolute atomic E-state index is 0.00323. The molecule has 0 unspecified atom stereocenters. The molecule has 0 aliphatic heterocycles. The molecule has 3 rings (SSSR count). The Balaban J connectivity index is 1.96. The normalized spacial score (nSPS) is 12.2. The predicted molar refractivity (Wildman–Crippen MR) is 121 cm³/mol. The van der Waals surface area contributed by atoms with Crippen molar-refractivity contribution in [3.63, 3.8) is 0 Å². The summed E-state index contributed by atoms with van der Waals surface area (Å²) in [7, 11) is 0. The maximum absolute atomic E-state index is 13.1. The van der Waals surface area contributed by atoms with E-state index >= 15 is 0 Å². The lowest BCUT2D eigenvalue weighted by Gasteiger charge is -2.32. The number of esters is 1. The van der Waals surface area contributed by atoms with Gasteiger partial charge in [0.05, 0.1) is 16.8 Å². The lowest BCUT2D eigenvalue weighted by Crippen LogP contribution is -2.47. The second-order valence-corrected chi connectivity index (χ2v) is 8.10. The topological polar surface area (TPSA) is 79.7 Å². The Morgan fingerprint density at radius 1 is 0.935 bits per heavy atom. The number of pyridine rings is 1. The largest absolute Gasteiger partial charge is 0.508 e. The molecule has 0 radical (unpaired) electrons. The van der Waals surface area contributed by atoms with E-state index in [9.17, 15) is 14.7 Å². The summed E-state index contributed by atoms with van der Waals surface area (Å²) in [6, 6.07) is 15.6.